The van der Waals surface area contributed by atoms with E-state index < -0.39 is 65.3 Å². The van der Waals surface area contributed by atoms with Gasteiger partial charge in [-0.3, -0.25) is 24.0 Å². The zero-order valence-corrected chi connectivity index (χ0v) is 29.4. The third kappa shape index (κ3) is 10.1. The molecule has 0 bridgehead atoms. The van der Waals surface area contributed by atoms with Crippen LogP contribution in [0.2, 0.25) is 0 Å². The molecule has 17 nitrogen and oxygen atoms in total. The Balaban J connectivity index is 1.66. The fraction of sp³-hybridized carbons (Fsp3) is 0.571. The number of amides is 5. The molecule has 2 fully saturated rings. The van der Waals surface area contributed by atoms with Crippen molar-refractivity contribution in [3.8, 4) is 6.07 Å². The lowest BCUT2D eigenvalue weighted by Crippen LogP contribution is -2.56. The van der Waals surface area contributed by atoms with Crippen molar-refractivity contribution in [1.29, 1.82) is 5.26 Å². The van der Waals surface area contributed by atoms with Crippen LogP contribution in [0.25, 0.3) is 0 Å². The third-order valence-electron chi connectivity index (χ3n) is 9.67. The van der Waals surface area contributed by atoms with E-state index in [9.17, 15) is 39.1 Å². The Bertz CT molecular complexity index is 1670. The summed E-state index contributed by atoms with van der Waals surface area (Å²) in [7, 11) is 0. The quantitative estimate of drug-likeness (QED) is 0.106. The Morgan fingerprint density at radius 1 is 1.06 bits per heavy atom. The molecule has 7 N–H and O–H groups in total. The molecule has 280 valence electrons. The predicted molar refractivity (Wildman–Crippen MR) is 184 cm³/mol. The van der Waals surface area contributed by atoms with E-state index in [4.69, 9.17) is 10.8 Å². The molecule has 4 atom stereocenters. The maximum Gasteiger partial charge on any atom is 0.404 e. The number of aromatic nitrogens is 3. The van der Waals surface area contributed by atoms with E-state index in [0.29, 0.717) is 18.5 Å². The molecule has 52 heavy (non-hydrogen) atoms. The van der Waals surface area contributed by atoms with Gasteiger partial charge in [0.25, 0.3) is 11.8 Å². The van der Waals surface area contributed by atoms with Gasteiger partial charge < -0.3 is 36.8 Å². The zero-order valence-electron chi connectivity index (χ0n) is 29.4. The fourth-order valence-corrected chi connectivity index (χ4v) is 7.00. The van der Waals surface area contributed by atoms with Crippen LogP contribution >= 0.6 is 0 Å². The molecule has 2 aromatic rings. The topological polar surface area (TPSA) is 263 Å². The van der Waals surface area contributed by atoms with Crippen LogP contribution < -0.4 is 21.7 Å². The number of nitrogens with one attached hydrogen (secondary N) is 3. The molecular formula is C35H47N9O8. The Morgan fingerprint density at radius 2 is 1.77 bits per heavy atom. The number of likely N-dealkylation sites (tertiary alicyclic amines) is 1. The molecule has 1 aromatic heterocycles. The largest absolute Gasteiger partial charge is 0.465 e. The summed E-state index contributed by atoms with van der Waals surface area (Å²) in [5, 5.41) is 45.0. The first-order valence-electron chi connectivity index (χ1n) is 17.6. The van der Waals surface area contributed by atoms with E-state index in [0.717, 1.165) is 32.1 Å². The number of nitrogens with zero attached hydrogens (tertiary/aromatic N) is 5. The van der Waals surface area contributed by atoms with Gasteiger partial charge in [-0.2, -0.15) is 5.26 Å². The smallest absolute Gasteiger partial charge is 0.404 e. The normalized spacial score (nSPS) is 18.8. The van der Waals surface area contributed by atoms with Crippen molar-refractivity contribution in [2.45, 2.75) is 108 Å². The van der Waals surface area contributed by atoms with Gasteiger partial charge in [0.05, 0.1) is 41.2 Å². The van der Waals surface area contributed by atoms with Crippen molar-refractivity contribution < 1.29 is 39.0 Å². The van der Waals surface area contributed by atoms with Crippen LogP contribution in [0.15, 0.2) is 30.5 Å². The first kappa shape index (κ1) is 39.4. The minimum Gasteiger partial charge on any atom is -0.465 e. The molecule has 1 aromatic carbocycles. The fourth-order valence-electron chi connectivity index (χ4n) is 7.00. The predicted octanol–water partition coefficient (Wildman–Crippen LogP) is 1.27. The second-order valence-electron chi connectivity index (χ2n) is 14.0. The minimum atomic E-state index is -1.38. The number of primary amides is 1. The van der Waals surface area contributed by atoms with Gasteiger partial charge in [0, 0.05) is 19.5 Å². The molecule has 1 unspecified atom stereocenters. The first-order valence-corrected chi connectivity index (χ1v) is 17.6. The van der Waals surface area contributed by atoms with E-state index in [1.807, 2.05) is 6.07 Å². The van der Waals surface area contributed by atoms with Crippen molar-refractivity contribution in [2.75, 3.05) is 13.1 Å². The van der Waals surface area contributed by atoms with Gasteiger partial charge >= 0.3 is 6.09 Å². The Morgan fingerprint density at radius 3 is 2.42 bits per heavy atom. The number of hydrogen-bond acceptors (Lipinski definition) is 10. The number of rotatable bonds is 16. The molecule has 1 aliphatic heterocycles. The van der Waals surface area contributed by atoms with E-state index >= 15 is 0 Å². The second-order valence-corrected chi connectivity index (χ2v) is 14.0. The molecule has 1 saturated carbocycles. The number of benzene rings is 1. The number of carboxylic acid groups (broad SMARTS) is 1. The summed E-state index contributed by atoms with van der Waals surface area (Å²) in [4.78, 5) is 79.2. The third-order valence-corrected chi connectivity index (χ3v) is 9.67. The maximum atomic E-state index is 14.7. The van der Waals surface area contributed by atoms with E-state index in [1.54, 1.807) is 26.0 Å². The minimum absolute atomic E-state index is 0.00854. The number of carbonyl (C=O) groups is 6. The highest BCUT2D eigenvalue weighted by Crippen LogP contribution is 2.33. The summed E-state index contributed by atoms with van der Waals surface area (Å²) in [5.74, 6) is -4.12. The SMILES string of the molecule is CC(C)(O)c1cnnn1[C@H]1C[C@@H](C(=O)NC(CCCCNC(=O)O)C(=O)C(N)=O)N(C(=O)[C@@H](CC2CCCCC2)NC(=O)c2ccccc2C#N)C1. The molecule has 0 radical (unpaired) electrons. The standard InChI is InChI=1S/C35H47N9O8/c1-35(2,52)28-19-39-42-44(28)23-17-27(32(48)40-25(29(45)30(37)46)14-8-9-15-38-34(50)51)43(20-23)33(49)26(16-21-10-4-3-5-11-21)41-31(47)24-13-7-6-12-22(24)18-36/h6-7,12-13,19,21,23,25-27,38,52H,3-5,8-11,14-17,20H2,1-2H3,(H2,37,46)(H,40,48)(H,41,47)(H,50,51)/t23-,25?,26+,27-/m0/s1. The summed E-state index contributed by atoms with van der Waals surface area (Å²) < 4.78 is 1.45. The van der Waals surface area contributed by atoms with Crippen molar-refractivity contribution >= 4 is 35.5 Å². The van der Waals surface area contributed by atoms with Crippen molar-refractivity contribution in [1.82, 2.24) is 35.8 Å². The lowest BCUT2D eigenvalue weighted by molar-refractivity contribution is -0.142. The number of nitriles is 1. The lowest BCUT2D eigenvalue weighted by Gasteiger charge is -2.32. The zero-order chi connectivity index (χ0) is 38.0. The summed E-state index contributed by atoms with van der Waals surface area (Å²) >= 11 is 0. The second kappa shape index (κ2) is 17.7. The summed E-state index contributed by atoms with van der Waals surface area (Å²) in [6.07, 6.45) is 5.72. The molecular weight excluding hydrogens is 674 g/mol. The number of ketones is 1. The molecule has 2 aliphatic rings. The Kier molecular flexibility index (Phi) is 13.4. The molecule has 17 heteroatoms. The van der Waals surface area contributed by atoms with Crippen LogP contribution in [0.1, 0.15) is 106 Å². The first-order chi connectivity index (χ1) is 24.7. The van der Waals surface area contributed by atoms with Gasteiger partial charge in [0.1, 0.15) is 17.7 Å². The van der Waals surface area contributed by atoms with E-state index in [2.05, 4.69) is 26.3 Å². The molecule has 0 spiro atoms. The molecule has 1 aliphatic carbocycles. The number of unbranched alkanes of at least 4 members (excludes halogenated alkanes) is 1. The summed E-state index contributed by atoms with van der Waals surface area (Å²) in [6.45, 7) is 3.11. The van der Waals surface area contributed by atoms with E-state index in [1.165, 1.54) is 27.9 Å². The van der Waals surface area contributed by atoms with Crippen LogP contribution in [0, 0.1) is 17.2 Å². The van der Waals surface area contributed by atoms with Crippen LogP contribution in [0.3, 0.4) is 0 Å². The van der Waals surface area contributed by atoms with Gasteiger partial charge in [0.2, 0.25) is 17.6 Å². The lowest BCUT2D eigenvalue weighted by atomic mass is 9.84. The van der Waals surface area contributed by atoms with Crippen molar-refractivity contribution in [3.05, 3.63) is 47.3 Å². The molecule has 1 saturated heterocycles. The number of carbonyl (C=O) groups excluding carboxylic acids is 5. The van der Waals surface area contributed by atoms with E-state index in [-0.39, 0.29) is 49.4 Å². The van der Waals surface area contributed by atoms with Gasteiger partial charge in [-0.1, -0.05) is 49.5 Å². The number of hydrogen-bond donors (Lipinski definition) is 6. The van der Waals surface area contributed by atoms with Crippen LogP contribution in [0.4, 0.5) is 4.79 Å². The Hall–Kier alpha value is -5.37. The Labute approximate surface area is 301 Å². The highest BCUT2D eigenvalue weighted by atomic mass is 16.4. The average Bonchev–Trinajstić information content (AvgIpc) is 3.79. The van der Waals surface area contributed by atoms with Crippen LogP contribution in [-0.2, 0) is 24.8 Å². The maximum absolute atomic E-state index is 14.7. The molecule has 2 heterocycles. The van der Waals surface area contributed by atoms with Gasteiger partial charge in [-0.15, -0.1) is 5.10 Å². The summed E-state index contributed by atoms with van der Waals surface area (Å²) in [6, 6.07) is 3.97. The summed E-state index contributed by atoms with van der Waals surface area (Å²) in [5.41, 5.74) is 4.50. The highest BCUT2D eigenvalue weighted by Gasteiger charge is 2.45. The van der Waals surface area contributed by atoms with Crippen molar-refractivity contribution in [2.24, 2.45) is 11.7 Å². The molecule has 4 rings (SSSR count). The van der Waals surface area contributed by atoms with Gasteiger partial charge in [-0.25, -0.2) is 9.48 Å². The van der Waals surface area contributed by atoms with Crippen LogP contribution in [-0.4, -0.2) is 96.8 Å². The average molecular weight is 722 g/mol. The highest BCUT2D eigenvalue weighted by molar-refractivity contribution is 6.37. The van der Waals surface area contributed by atoms with Gasteiger partial charge in [0.15, 0.2) is 0 Å². The number of aliphatic hydroxyl groups is 1. The van der Waals surface area contributed by atoms with Crippen molar-refractivity contribution in [3.63, 3.8) is 0 Å². The van der Waals surface area contributed by atoms with Crippen LogP contribution in [0.5, 0.6) is 0 Å². The monoisotopic (exact) mass is 721 g/mol. The van der Waals surface area contributed by atoms with Gasteiger partial charge in [-0.05, 0) is 57.6 Å². The number of Topliss-reactive ketones (excluding diaryl/α,β-unsaturated/α-hetero) is 1. The molecule has 5 amide bonds. The number of nitrogens with two attached hydrogens (primary N) is 1.